The lowest BCUT2D eigenvalue weighted by Crippen LogP contribution is -2.53. The van der Waals surface area contributed by atoms with E-state index in [0.29, 0.717) is 19.4 Å². The summed E-state index contributed by atoms with van der Waals surface area (Å²) in [6.07, 6.45) is 0.668. The quantitative estimate of drug-likeness (QED) is 0.395. The maximum absolute atomic E-state index is 12.9. The first-order chi connectivity index (χ1) is 16.9. The molecule has 35 heavy (non-hydrogen) atoms. The normalized spacial score (nSPS) is 14.8. The number of carboxylic acid groups (broad SMARTS) is 1. The van der Waals surface area contributed by atoms with Crippen molar-refractivity contribution in [1.29, 1.82) is 0 Å². The zero-order valence-electron chi connectivity index (χ0n) is 20.5. The summed E-state index contributed by atoms with van der Waals surface area (Å²) in [7, 11) is 1.55. The highest BCUT2D eigenvalue weighted by molar-refractivity contribution is 5.89. The van der Waals surface area contributed by atoms with Crippen molar-refractivity contribution >= 4 is 18.0 Å². The van der Waals surface area contributed by atoms with Crippen LogP contribution >= 0.6 is 0 Å². The van der Waals surface area contributed by atoms with E-state index in [1.165, 1.54) is 0 Å². The molecule has 0 spiro atoms. The van der Waals surface area contributed by atoms with Gasteiger partial charge in [0.1, 0.15) is 18.7 Å². The van der Waals surface area contributed by atoms with Gasteiger partial charge in [-0.2, -0.15) is 0 Å². The maximum atomic E-state index is 12.9. The van der Waals surface area contributed by atoms with Crippen LogP contribution in [0.1, 0.15) is 50.2 Å². The number of carbonyl (C=O) groups excluding carboxylic acids is 2. The Labute approximate surface area is 206 Å². The first-order valence-electron chi connectivity index (χ1n) is 12.0. The number of carboxylic acids is 1. The summed E-state index contributed by atoms with van der Waals surface area (Å²) >= 11 is 0. The molecule has 1 aliphatic rings. The van der Waals surface area contributed by atoms with Gasteiger partial charge in [-0.3, -0.25) is 4.79 Å². The fourth-order valence-corrected chi connectivity index (χ4v) is 4.42. The van der Waals surface area contributed by atoms with Crippen molar-refractivity contribution in [3.8, 4) is 11.1 Å². The number of hydrogen-bond donors (Lipinski definition) is 3. The number of methoxy groups -OCH3 is 1. The second-order valence-electron chi connectivity index (χ2n) is 8.87. The van der Waals surface area contributed by atoms with Gasteiger partial charge in [0.15, 0.2) is 0 Å². The Balaban J connectivity index is 1.67. The minimum Gasteiger partial charge on any atom is -0.480 e. The largest absolute Gasteiger partial charge is 0.480 e. The van der Waals surface area contributed by atoms with Crippen molar-refractivity contribution < 1.29 is 29.0 Å². The second kappa shape index (κ2) is 12.4. The minimum absolute atomic E-state index is 0.101. The molecule has 2 aromatic rings. The van der Waals surface area contributed by atoms with Gasteiger partial charge in [0.2, 0.25) is 5.91 Å². The van der Waals surface area contributed by atoms with Gasteiger partial charge in [-0.05, 0) is 41.0 Å². The van der Waals surface area contributed by atoms with Crippen LogP contribution in [0.3, 0.4) is 0 Å². The summed E-state index contributed by atoms with van der Waals surface area (Å²) < 4.78 is 10.6. The molecular weight excluding hydrogens is 448 g/mol. The SMILES string of the molecule is CCC(C)[C@H](NC(=O)C(CCCOC)NC(=O)OCC1c2ccccc2-c2ccccc21)C(=O)O. The average Bonchev–Trinajstić information content (AvgIpc) is 3.18. The number of nitrogens with one attached hydrogen (secondary N) is 2. The molecule has 2 aromatic carbocycles. The van der Waals surface area contributed by atoms with E-state index in [1.54, 1.807) is 14.0 Å². The Kier molecular flexibility index (Phi) is 9.25. The molecule has 0 heterocycles. The summed E-state index contributed by atoms with van der Waals surface area (Å²) in [6.45, 7) is 4.15. The Bertz CT molecular complexity index is 994. The molecule has 8 nitrogen and oxygen atoms in total. The Morgan fingerprint density at radius 2 is 1.60 bits per heavy atom. The van der Waals surface area contributed by atoms with Gasteiger partial charge in [-0.1, -0.05) is 68.8 Å². The molecule has 0 saturated heterocycles. The van der Waals surface area contributed by atoms with Gasteiger partial charge in [-0.25, -0.2) is 9.59 Å². The van der Waals surface area contributed by atoms with Gasteiger partial charge in [0, 0.05) is 19.6 Å². The van der Waals surface area contributed by atoms with Crippen LogP contribution in [0.5, 0.6) is 0 Å². The lowest BCUT2D eigenvalue weighted by Gasteiger charge is -2.24. The summed E-state index contributed by atoms with van der Waals surface area (Å²) in [5.41, 5.74) is 4.43. The summed E-state index contributed by atoms with van der Waals surface area (Å²) in [6, 6.07) is 14.1. The molecule has 188 valence electrons. The summed E-state index contributed by atoms with van der Waals surface area (Å²) in [4.78, 5) is 37.3. The number of ether oxygens (including phenoxy) is 2. The van der Waals surface area contributed by atoms with Crippen molar-refractivity contribution in [2.24, 2.45) is 5.92 Å². The number of hydrogen-bond acceptors (Lipinski definition) is 5. The molecule has 3 atom stereocenters. The van der Waals surface area contributed by atoms with E-state index in [2.05, 4.69) is 22.8 Å². The van der Waals surface area contributed by atoms with Gasteiger partial charge >= 0.3 is 12.1 Å². The highest BCUT2D eigenvalue weighted by Crippen LogP contribution is 2.44. The molecule has 0 fully saturated rings. The third-order valence-electron chi connectivity index (χ3n) is 6.57. The van der Waals surface area contributed by atoms with Crippen LogP contribution in [0.15, 0.2) is 48.5 Å². The highest BCUT2D eigenvalue weighted by Gasteiger charge is 2.31. The summed E-state index contributed by atoms with van der Waals surface area (Å²) in [5.74, 6) is -2.02. The number of fused-ring (bicyclic) bond motifs is 3. The van der Waals surface area contributed by atoms with Crippen molar-refractivity contribution in [2.45, 2.75) is 51.1 Å². The van der Waals surface area contributed by atoms with Crippen molar-refractivity contribution in [1.82, 2.24) is 10.6 Å². The van der Waals surface area contributed by atoms with E-state index in [9.17, 15) is 19.5 Å². The maximum Gasteiger partial charge on any atom is 0.407 e. The van der Waals surface area contributed by atoms with Gasteiger partial charge < -0.3 is 25.2 Å². The van der Waals surface area contributed by atoms with Crippen LogP contribution < -0.4 is 10.6 Å². The first kappa shape index (κ1) is 26.2. The number of amides is 2. The zero-order chi connectivity index (χ0) is 25.4. The molecule has 8 heteroatoms. The molecule has 0 saturated carbocycles. The molecule has 0 aromatic heterocycles. The van der Waals surface area contributed by atoms with Crippen LogP contribution in [-0.2, 0) is 19.1 Å². The zero-order valence-corrected chi connectivity index (χ0v) is 20.5. The highest BCUT2D eigenvalue weighted by atomic mass is 16.5. The molecular formula is C27H34N2O6. The van der Waals surface area contributed by atoms with Crippen molar-refractivity contribution in [3.63, 3.8) is 0 Å². The second-order valence-corrected chi connectivity index (χ2v) is 8.87. The van der Waals surface area contributed by atoms with E-state index in [0.717, 1.165) is 22.3 Å². The molecule has 0 aliphatic heterocycles. The molecule has 0 radical (unpaired) electrons. The molecule has 0 bridgehead atoms. The van der Waals surface area contributed by atoms with Crippen LogP contribution in [0, 0.1) is 5.92 Å². The average molecular weight is 483 g/mol. The van der Waals surface area contributed by atoms with Gasteiger partial charge in [0.05, 0.1) is 0 Å². The van der Waals surface area contributed by atoms with E-state index < -0.39 is 30.1 Å². The molecule has 2 amide bonds. The van der Waals surface area contributed by atoms with Crippen LogP contribution in [-0.4, -0.2) is 55.5 Å². The van der Waals surface area contributed by atoms with Crippen LogP contribution in [0.4, 0.5) is 4.79 Å². The molecule has 3 N–H and O–H groups in total. The first-order valence-corrected chi connectivity index (χ1v) is 12.0. The number of benzene rings is 2. The topological polar surface area (TPSA) is 114 Å². The minimum atomic E-state index is -1.11. The number of alkyl carbamates (subject to hydrolysis) is 1. The van der Waals surface area contributed by atoms with Crippen molar-refractivity contribution in [2.75, 3.05) is 20.3 Å². The van der Waals surface area contributed by atoms with Crippen LogP contribution in [0.2, 0.25) is 0 Å². The lowest BCUT2D eigenvalue weighted by atomic mass is 9.98. The van der Waals surface area contributed by atoms with Gasteiger partial charge in [-0.15, -0.1) is 0 Å². The predicted molar refractivity (Wildman–Crippen MR) is 132 cm³/mol. The van der Waals surface area contributed by atoms with Crippen molar-refractivity contribution in [3.05, 3.63) is 59.7 Å². The lowest BCUT2D eigenvalue weighted by molar-refractivity contribution is -0.143. The van der Waals surface area contributed by atoms with Gasteiger partial charge in [0.25, 0.3) is 0 Å². The molecule has 2 unspecified atom stereocenters. The fraction of sp³-hybridized carbons (Fsp3) is 0.444. The predicted octanol–water partition coefficient (Wildman–Crippen LogP) is 3.94. The number of carbonyl (C=O) groups is 3. The third kappa shape index (κ3) is 6.39. The number of aliphatic carboxylic acids is 1. The van der Waals surface area contributed by atoms with E-state index in [-0.39, 0.29) is 24.9 Å². The Morgan fingerprint density at radius 1 is 1.00 bits per heavy atom. The summed E-state index contributed by atoms with van der Waals surface area (Å²) in [5, 5.41) is 14.7. The fourth-order valence-electron chi connectivity index (χ4n) is 4.42. The standard InChI is InChI=1S/C27H34N2O6/c1-4-17(2)24(26(31)32)29-25(30)23(14-9-15-34-3)28-27(33)35-16-22-20-12-7-5-10-18(20)19-11-6-8-13-21(19)22/h5-8,10-13,17,22-24H,4,9,14-16H2,1-3H3,(H,28,33)(H,29,30)(H,31,32)/t17?,23?,24-/m0/s1. The smallest absolute Gasteiger partial charge is 0.407 e. The van der Waals surface area contributed by atoms with E-state index in [1.807, 2.05) is 43.3 Å². The van der Waals surface area contributed by atoms with E-state index >= 15 is 0 Å². The Hall–Kier alpha value is -3.39. The molecule has 3 rings (SSSR count). The van der Waals surface area contributed by atoms with Crippen LogP contribution in [0.25, 0.3) is 11.1 Å². The van der Waals surface area contributed by atoms with E-state index in [4.69, 9.17) is 9.47 Å². The number of rotatable bonds is 12. The Morgan fingerprint density at radius 3 is 2.14 bits per heavy atom. The third-order valence-corrected chi connectivity index (χ3v) is 6.57. The molecule has 1 aliphatic carbocycles. The monoisotopic (exact) mass is 482 g/mol.